The second kappa shape index (κ2) is 3.01. The summed E-state index contributed by atoms with van der Waals surface area (Å²) >= 11 is 0. The lowest BCUT2D eigenvalue weighted by Gasteiger charge is -2.31. The fourth-order valence-corrected chi connectivity index (χ4v) is 1.88. The average molecular weight is 191 g/mol. The fraction of sp³-hybridized carbons (Fsp3) is 0.364. The molecule has 0 N–H and O–H groups in total. The number of hydrogen-bond acceptors (Lipinski definition) is 3. The molecule has 0 radical (unpaired) electrons. The van der Waals surface area contributed by atoms with Crippen LogP contribution in [0.2, 0.25) is 0 Å². The maximum absolute atomic E-state index is 10.7. The molecule has 0 amide bonds. The number of aliphatic carboxylic acids is 1. The van der Waals surface area contributed by atoms with E-state index < -0.39 is 11.9 Å². The van der Waals surface area contributed by atoms with Gasteiger partial charge in [-0.1, -0.05) is 6.07 Å². The molecule has 1 atom stereocenters. The van der Waals surface area contributed by atoms with E-state index in [1.807, 2.05) is 19.1 Å². The van der Waals surface area contributed by atoms with E-state index in [0.29, 0.717) is 6.42 Å². The van der Waals surface area contributed by atoms with Crippen LogP contribution in [-0.4, -0.2) is 13.1 Å². The van der Waals surface area contributed by atoms with Gasteiger partial charge in [-0.15, -0.1) is 0 Å². The Bertz CT molecular complexity index is 396. The number of ether oxygens (including phenoxy) is 1. The molecular formula is C11H11O3-. The number of aryl methyl sites for hydroxylation is 1. The zero-order valence-electron chi connectivity index (χ0n) is 8.16. The average Bonchev–Trinajstić information content (AvgIpc) is 2.10. The van der Waals surface area contributed by atoms with E-state index in [1.165, 1.54) is 0 Å². The van der Waals surface area contributed by atoms with Gasteiger partial charge in [0.25, 0.3) is 0 Å². The van der Waals surface area contributed by atoms with E-state index in [4.69, 9.17) is 4.74 Å². The van der Waals surface area contributed by atoms with Gasteiger partial charge in [-0.05, 0) is 36.1 Å². The molecule has 0 bridgehead atoms. The van der Waals surface area contributed by atoms with Crippen LogP contribution in [0.25, 0.3) is 0 Å². The summed E-state index contributed by atoms with van der Waals surface area (Å²) < 4.78 is 5.15. The molecule has 0 fully saturated rings. The van der Waals surface area contributed by atoms with Gasteiger partial charge in [-0.25, -0.2) is 0 Å². The van der Waals surface area contributed by atoms with Crippen molar-refractivity contribution in [3.63, 3.8) is 0 Å². The third-order valence-electron chi connectivity index (χ3n) is 2.74. The van der Waals surface area contributed by atoms with Gasteiger partial charge in [-0.2, -0.15) is 0 Å². The molecule has 0 saturated carbocycles. The van der Waals surface area contributed by atoms with Crippen molar-refractivity contribution < 1.29 is 14.6 Å². The smallest absolute Gasteiger partial charge is 0.122 e. The number of rotatable bonds is 2. The van der Waals surface area contributed by atoms with E-state index in [-0.39, 0.29) is 0 Å². The molecular weight excluding hydrogens is 180 g/mol. The normalized spacial score (nSPS) is 18.3. The van der Waals surface area contributed by atoms with Crippen LogP contribution >= 0.6 is 0 Å². The van der Waals surface area contributed by atoms with Gasteiger partial charge >= 0.3 is 0 Å². The highest BCUT2D eigenvalue weighted by Gasteiger charge is 2.28. The number of carboxylic acid groups (broad SMARTS) is 1. The molecule has 0 spiro atoms. The summed E-state index contributed by atoms with van der Waals surface area (Å²) in [6.45, 7) is 1.91. The first-order chi connectivity index (χ1) is 6.63. The van der Waals surface area contributed by atoms with Gasteiger partial charge in [-0.3, -0.25) is 0 Å². The van der Waals surface area contributed by atoms with E-state index in [9.17, 15) is 9.90 Å². The Labute approximate surface area is 82.3 Å². The van der Waals surface area contributed by atoms with E-state index >= 15 is 0 Å². The van der Waals surface area contributed by atoms with Crippen LogP contribution in [-0.2, 0) is 11.2 Å². The highest BCUT2D eigenvalue weighted by molar-refractivity contribution is 5.79. The Hall–Kier alpha value is -1.51. The summed E-state index contributed by atoms with van der Waals surface area (Å²) in [6, 6.07) is 3.78. The lowest BCUT2D eigenvalue weighted by atomic mass is 9.77. The first kappa shape index (κ1) is 9.06. The van der Waals surface area contributed by atoms with Crippen LogP contribution in [0.4, 0.5) is 0 Å². The topological polar surface area (TPSA) is 49.4 Å². The Morgan fingerprint density at radius 3 is 2.86 bits per heavy atom. The molecule has 1 aliphatic carbocycles. The van der Waals surface area contributed by atoms with Gasteiger partial charge in [0.15, 0.2) is 0 Å². The molecule has 1 aromatic rings. The second-order valence-electron chi connectivity index (χ2n) is 3.60. The molecule has 2 rings (SSSR count). The van der Waals surface area contributed by atoms with Crippen molar-refractivity contribution in [2.24, 2.45) is 0 Å². The van der Waals surface area contributed by atoms with Crippen molar-refractivity contribution in [1.82, 2.24) is 0 Å². The standard InChI is InChI=1S/C11H12O3/c1-6-3-8-7(5-10(6)14-2)4-9(8)11(12)13/h3,5,9H,4H2,1-2H3,(H,12,13)/p-1/t9-/m1/s1. The van der Waals surface area contributed by atoms with Crippen LogP contribution in [0, 0.1) is 6.92 Å². The van der Waals surface area contributed by atoms with Gasteiger partial charge < -0.3 is 14.6 Å². The van der Waals surface area contributed by atoms with Crippen molar-refractivity contribution in [2.75, 3.05) is 7.11 Å². The summed E-state index contributed by atoms with van der Waals surface area (Å²) in [7, 11) is 1.61. The van der Waals surface area contributed by atoms with E-state index in [2.05, 4.69) is 0 Å². The van der Waals surface area contributed by atoms with Crippen LogP contribution in [0.3, 0.4) is 0 Å². The van der Waals surface area contributed by atoms with Crippen LogP contribution < -0.4 is 9.84 Å². The monoisotopic (exact) mass is 191 g/mol. The van der Waals surface area contributed by atoms with Crippen molar-refractivity contribution in [1.29, 1.82) is 0 Å². The third kappa shape index (κ3) is 1.16. The van der Waals surface area contributed by atoms with E-state index in [0.717, 1.165) is 22.4 Å². The second-order valence-corrected chi connectivity index (χ2v) is 3.60. The molecule has 3 heteroatoms. The molecule has 0 aromatic heterocycles. The lowest BCUT2D eigenvalue weighted by molar-refractivity contribution is -0.308. The van der Waals surface area contributed by atoms with Gasteiger partial charge in [0, 0.05) is 11.9 Å². The van der Waals surface area contributed by atoms with Crippen molar-refractivity contribution >= 4 is 5.97 Å². The highest BCUT2D eigenvalue weighted by Crippen LogP contribution is 2.38. The third-order valence-corrected chi connectivity index (χ3v) is 2.74. The zero-order chi connectivity index (χ0) is 10.3. The van der Waals surface area contributed by atoms with Crippen molar-refractivity contribution in [2.45, 2.75) is 19.3 Å². The first-order valence-electron chi connectivity index (χ1n) is 4.51. The van der Waals surface area contributed by atoms with Crippen molar-refractivity contribution in [3.05, 3.63) is 28.8 Å². The molecule has 1 aromatic carbocycles. The van der Waals surface area contributed by atoms with Gasteiger partial charge in [0.2, 0.25) is 0 Å². The molecule has 0 heterocycles. The summed E-state index contributed by atoms with van der Waals surface area (Å²) in [4.78, 5) is 10.7. The number of hydrogen-bond donors (Lipinski definition) is 0. The van der Waals surface area contributed by atoms with Crippen molar-refractivity contribution in [3.8, 4) is 5.75 Å². The summed E-state index contributed by atoms with van der Waals surface area (Å²) in [5.41, 5.74) is 2.90. The Balaban J connectivity index is 2.40. The SMILES string of the molecule is COc1cc2c(cc1C)[C@H](C(=O)[O-])C2. The lowest BCUT2D eigenvalue weighted by Crippen LogP contribution is -2.36. The Morgan fingerprint density at radius 1 is 1.57 bits per heavy atom. The maximum Gasteiger partial charge on any atom is 0.122 e. The fourth-order valence-electron chi connectivity index (χ4n) is 1.88. The summed E-state index contributed by atoms with van der Waals surface area (Å²) in [5, 5.41) is 10.7. The highest BCUT2D eigenvalue weighted by atomic mass is 16.5. The largest absolute Gasteiger partial charge is 0.549 e. The number of carbonyl (C=O) groups excluding carboxylic acids is 1. The molecule has 0 aliphatic heterocycles. The van der Waals surface area contributed by atoms with Gasteiger partial charge in [0.1, 0.15) is 5.75 Å². The molecule has 0 unspecified atom stereocenters. The summed E-state index contributed by atoms with van der Waals surface area (Å²) in [6.07, 6.45) is 0.564. The first-order valence-corrected chi connectivity index (χ1v) is 4.51. The predicted octanol–water partition coefficient (Wildman–Crippen LogP) is 0.393. The molecule has 14 heavy (non-hydrogen) atoms. The van der Waals surface area contributed by atoms with Crippen LogP contribution in [0.5, 0.6) is 5.75 Å². The molecule has 74 valence electrons. The number of fused-ring (bicyclic) bond motifs is 1. The zero-order valence-corrected chi connectivity index (χ0v) is 8.16. The molecule has 3 nitrogen and oxygen atoms in total. The maximum atomic E-state index is 10.7. The number of carboxylic acids is 1. The van der Waals surface area contributed by atoms with Crippen LogP contribution in [0.1, 0.15) is 22.6 Å². The number of carbonyl (C=O) groups is 1. The quantitative estimate of drug-likeness (QED) is 0.679. The van der Waals surface area contributed by atoms with E-state index in [1.54, 1.807) is 7.11 Å². The van der Waals surface area contributed by atoms with Crippen LogP contribution in [0.15, 0.2) is 12.1 Å². The summed E-state index contributed by atoms with van der Waals surface area (Å²) in [5.74, 6) is -0.586. The molecule has 1 aliphatic rings. The Kier molecular flexibility index (Phi) is 1.95. The minimum Gasteiger partial charge on any atom is -0.549 e. The number of methoxy groups -OCH3 is 1. The minimum absolute atomic E-state index is 0.422. The molecule has 0 saturated heterocycles. The number of benzene rings is 1. The predicted molar refractivity (Wildman–Crippen MR) is 49.2 cm³/mol. The van der Waals surface area contributed by atoms with Gasteiger partial charge in [0.05, 0.1) is 7.11 Å². The Morgan fingerprint density at radius 2 is 2.29 bits per heavy atom. The minimum atomic E-state index is -0.984.